The van der Waals surface area contributed by atoms with Gasteiger partial charge in [0.2, 0.25) is 5.91 Å². The highest BCUT2D eigenvalue weighted by Gasteiger charge is 2.24. The summed E-state index contributed by atoms with van der Waals surface area (Å²) in [5.74, 6) is -0.501. The molecular weight excluding hydrogens is 290 g/mol. The predicted molar refractivity (Wildman–Crippen MR) is 84.2 cm³/mol. The lowest BCUT2D eigenvalue weighted by molar-refractivity contribution is -0.123. The van der Waals surface area contributed by atoms with Crippen molar-refractivity contribution in [3.8, 4) is 0 Å². The van der Waals surface area contributed by atoms with Crippen molar-refractivity contribution in [3.63, 3.8) is 0 Å². The highest BCUT2D eigenvalue weighted by Crippen LogP contribution is 2.10. The summed E-state index contributed by atoms with van der Waals surface area (Å²) in [6.45, 7) is 4.80. The molecule has 0 heterocycles. The monoisotopic (exact) mass is 311 g/mol. The Morgan fingerprint density at radius 2 is 1.86 bits per heavy atom. The Bertz CT molecular complexity index is 474. The van der Waals surface area contributed by atoms with E-state index in [1.807, 2.05) is 13.8 Å². The second-order valence-electron chi connectivity index (χ2n) is 5.14. The Kier molecular flexibility index (Phi) is 7.19. The van der Waals surface area contributed by atoms with Crippen LogP contribution in [0, 0.1) is 5.92 Å². The van der Waals surface area contributed by atoms with Crippen LogP contribution in [0.2, 0.25) is 5.02 Å². The molecule has 1 aromatic rings. The van der Waals surface area contributed by atoms with Crippen LogP contribution in [0.4, 0.5) is 0 Å². The van der Waals surface area contributed by atoms with Gasteiger partial charge in [-0.2, -0.15) is 0 Å². The quantitative estimate of drug-likeness (QED) is 0.668. The molecule has 0 aliphatic rings. The maximum absolute atomic E-state index is 12.2. The smallest absolute Gasteiger partial charge is 0.251 e. The van der Waals surface area contributed by atoms with E-state index in [2.05, 4.69) is 10.6 Å². The first-order valence-corrected chi connectivity index (χ1v) is 7.37. The van der Waals surface area contributed by atoms with Gasteiger partial charge >= 0.3 is 0 Å². The van der Waals surface area contributed by atoms with Gasteiger partial charge in [0.05, 0.1) is 0 Å². The SMILES string of the molecule is CC(C)C(NC(=O)c1ccc(Cl)cc1)C(=O)NCCCN. The highest BCUT2D eigenvalue weighted by atomic mass is 35.5. The van der Waals surface area contributed by atoms with Crippen LogP contribution in [0.1, 0.15) is 30.6 Å². The number of carbonyl (C=O) groups is 2. The van der Waals surface area contributed by atoms with Crippen LogP contribution in [0.15, 0.2) is 24.3 Å². The standard InChI is InChI=1S/C15H22ClN3O2/c1-10(2)13(15(21)18-9-3-8-17)19-14(20)11-4-6-12(16)7-5-11/h4-7,10,13H,3,8-9,17H2,1-2H3,(H,18,21)(H,19,20). The molecule has 21 heavy (non-hydrogen) atoms. The Hall–Kier alpha value is -1.59. The first kappa shape index (κ1) is 17.5. The van der Waals surface area contributed by atoms with E-state index in [4.69, 9.17) is 17.3 Å². The molecule has 6 heteroatoms. The summed E-state index contributed by atoms with van der Waals surface area (Å²) in [5.41, 5.74) is 5.86. The molecule has 1 unspecified atom stereocenters. The molecule has 0 radical (unpaired) electrons. The summed E-state index contributed by atoms with van der Waals surface area (Å²) < 4.78 is 0. The van der Waals surface area contributed by atoms with Crippen LogP contribution >= 0.6 is 11.6 Å². The van der Waals surface area contributed by atoms with Gasteiger partial charge in [-0.05, 0) is 43.1 Å². The minimum absolute atomic E-state index is 0.0147. The average Bonchev–Trinajstić information content (AvgIpc) is 2.45. The van der Waals surface area contributed by atoms with Crippen molar-refractivity contribution >= 4 is 23.4 Å². The third-order valence-corrected chi connectivity index (χ3v) is 3.27. The van der Waals surface area contributed by atoms with Crippen molar-refractivity contribution in [3.05, 3.63) is 34.9 Å². The van der Waals surface area contributed by atoms with Gasteiger partial charge in [0, 0.05) is 17.1 Å². The van der Waals surface area contributed by atoms with E-state index in [-0.39, 0.29) is 17.7 Å². The first-order valence-electron chi connectivity index (χ1n) is 7.00. The zero-order valence-corrected chi connectivity index (χ0v) is 13.1. The van der Waals surface area contributed by atoms with E-state index in [9.17, 15) is 9.59 Å². The number of hydrogen-bond donors (Lipinski definition) is 3. The summed E-state index contributed by atoms with van der Waals surface area (Å²) in [5, 5.41) is 6.09. The first-order chi connectivity index (χ1) is 9.95. The molecule has 1 rings (SSSR count). The maximum atomic E-state index is 12.2. The zero-order valence-electron chi connectivity index (χ0n) is 12.4. The number of rotatable bonds is 7. The molecule has 1 aromatic carbocycles. The predicted octanol–water partition coefficient (Wildman–Crippen LogP) is 1.56. The Morgan fingerprint density at radius 1 is 1.24 bits per heavy atom. The molecule has 5 nitrogen and oxygen atoms in total. The van der Waals surface area contributed by atoms with E-state index in [1.165, 1.54) is 0 Å². The fraction of sp³-hybridized carbons (Fsp3) is 0.467. The lowest BCUT2D eigenvalue weighted by Gasteiger charge is -2.21. The van der Waals surface area contributed by atoms with Crippen LogP contribution < -0.4 is 16.4 Å². The second kappa shape index (κ2) is 8.64. The number of halogens is 1. The number of benzene rings is 1. The van der Waals surface area contributed by atoms with Crippen molar-refractivity contribution in [2.45, 2.75) is 26.3 Å². The van der Waals surface area contributed by atoms with Crippen molar-refractivity contribution < 1.29 is 9.59 Å². The van der Waals surface area contributed by atoms with Crippen LogP contribution in [-0.2, 0) is 4.79 Å². The Balaban J connectivity index is 2.67. The number of nitrogens with one attached hydrogen (secondary N) is 2. The largest absolute Gasteiger partial charge is 0.354 e. The zero-order chi connectivity index (χ0) is 15.8. The molecule has 0 saturated carbocycles. The molecular formula is C15H22ClN3O2. The fourth-order valence-electron chi connectivity index (χ4n) is 1.78. The van der Waals surface area contributed by atoms with Gasteiger partial charge < -0.3 is 16.4 Å². The molecule has 0 aliphatic carbocycles. The van der Waals surface area contributed by atoms with Crippen LogP contribution in [0.5, 0.6) is 0 Å². The molecule has 0 aliphatic heterocycles. The molecule has 4 N–H and O–H groups in total. The van der Waals surface area contributed by atoms with Gasteiger partial charge in [0.1, 0.15) is 6.04 Å². The number of carbonyl (C=O) groups excluding carboxylic acids is 2. The normalized spacial score (nSPS) is 12.0. The lowest BCUT2D eigenvalue weighted by atomic mass is 10.0. The highest BCUT2D eigenvalue weighted by molar-refractivity contribution is 6.30. The fourth-order valence-corrected chi connectivity index (χ4v) is 1.91. The molecule has 0 bridgehead atoms. The molecule has 0 aromatic heterocycles. The van der Waals surface area contributed by atoms with Crippen molar-refractivity contribution in [1.82, 2.24) is 10.6 Å². The topological polar surface area (TPSA) is 84.2 Å². The van der Waals surface area contributed by atoms with E-state index in [0.717, 1.165) is 0 Å². The Morgan fingerprint density at radius 3 is 2.38 bits per heavy atom. The molecule has 0 saturated heterocycles. The van der Waals surface area contributed by atoms with E-state index < -0.39 is 6.04 Å². The van der Waals surface area contributed by atoms with E-state index >= 15 is 0 Å². The minimum atomic E-state index is -0.578. The van der Waals surface area contributed by atoms with Crippen molar-refractivity contribution in [2.75, 3.05) is 13.1 Å². The number of nitrogens with two attached hydrogens (primary N) is 1. The third-order valence-electron chi connectivity index (χ3n) is 3.02. The van der Waals surface area contributed by atoms with Crippen LogP contribution in [0.25, 0.3) is 0 Å². The lowest BCUT2D eigenvalue weighted by Crippen LogP contribution is -2.50. The third kappa shape index (κ3) is 5.73. The summed E-state index contributed by atoms with van der Waals surface area (Å²) in [7, 11) is 0. The van der Waals surface area contributed by atoms with E-state index in [0.29, 0.717) is 30.1 Å². The van der Waals surface area contributed by atoms with Crippen LogP contribution in [-0.4, -0.2) is 30.9 Å². The van der Waals surface area contributed by atoms with Crippen molar-refractivity contribution in [2.24, 2.45) is 11.7 Å². The summed E-state index contributed by atoms with van der Waals surface area (Å²) in [6, 6.07) is 5.96. The molecule has 1 atom stereocenters. The molecule has 0 spiro atoms. The Labute approximate surface area is 130 Å². The summed E-state index contributed by atoms with van der Waals surface area (Å²) in [6.07, 6.45) is 0.710. The van der Waals surface area contributed by atoms with Crippen molar-refractivity contribution in [1.29, 1.82) is 0 Å². The summed E-state index contributed by atoms with van der Waals surface area (Å²) >= 11 is 5.79. The molecule has 116 valence electrons. The van der Waals surface area contributed by atoms with Gasteiger partial charge in [0.15, 0.2) is 0 Å². The van der Waals surface area contributed by atoms with Gasteiger partial charge in [-0.1, -0.05) is 25.4 Å². The van der Waals surface area contributed by atoms with Crippen LogP contribution in [0.3, 0.4) is 0 Å². The number of hydrogen-bond acceptors (Lipinski definition) is 3. The van der Waals surface area contributed by atoms with Gasteiger partial charge in [-0.25, -0.2) is 0 Å². The average molecular weight is 312 g/mol. The number of amides is 2. The second-order valence-corrected chi connectivity index (χ2v) is 5.57. The summed E-state index contributed by atoms with van der Waals surface area (Å²) in [4.78, 5) is 24.2. The molecule has 0 fully saturated rings. The minimum Gasteiger partial charge on any atom is -0.354 e. The van der Waals surface area contributed by atoms with E-state index in [1.54, 1.807) is 24.3 Å². The maximum Gasteiger partial charge on any atom is 0.251 e. The molecule has 2 amide bonds. The van der Waals surface area contributed by atoms with Gasteiger partial charge in [0.25, 0.3) is 5.91 Å². The van der Waals surface area contributed by atoms with Gasteiger partial charge in [-0.3, -0.25) is 9.59 Å². The van der Waals surface area contributed by atoms with Gasteiger partial charge in [-0.15, -0.1) is 0 Å².